The second kappa shape index (κ2) is 11.1. The highest BCUT2D eigenvalue weighted by Crippen LogP contribution is 2.29. The Morgan fingerprint density at radius 2 is 2.04 bits per heavy atom. The summed E-state index contributed by atoms with van der Waals surface area (Å²) in [4.78, 5) is 33.8. The molecule has 0 aromatic heterocycles. The molecule has 1 amide bonds. The van der Waals surface area contributed by atoms with Crippen LogP contribution in [-0.2, 0) is 14.3 Å². The summed E-state index contributed by atoms with van der Waals surface area (Å²) < 4.78 is 10.4. The third kappa shape index (κ3) is 8.01. The summed E-state index contributed by atoms with van der Waals surface area (Å²) in [5.74, 6) is -1.53. The molecule has 10 heteroatoms. The lowest BCUT2D eigenvalue weighted by molar-refractivity contribution is -0.384. The minimum atomic E-state index is -1.17. The molecule has 10 nitrogen and oxygen atoms in total. The standard InChI is InChI=1S/C17H25N3O7/c1-11(2)27-8-4-7-18-14(17(22)23)10-16(21)19-13-9-12(20(24)25)5-6-15(13)26-3/h5-6,9,11,14,18H,4,7-8,10H2,1-3H3,(H,19,21)(H,22,23). The Balaban J connectivity index is 2.65. The molecule has 1 unspecified atom stereocenters. The van der Waals surface area contributed by atoms with Crippen LogP contribution in [0.5, 0.6) is 5.75 Å². The number of nitrogens with one attached hydrogen (secondary N) is 2. The molecule has 0 aliphatic heterocycles. The van der Waals surface area contributed by atoms with E-state index in [9.17, 15) is 24.8 Å². The number of nitro benzene ring substituents is 1. The smallest absolute Gasteiger partial charge is 0.321 e. The zero-order valence-electron chi connectivity index (χ0n) is 15.6. The van der Waals surface area contributed by atoms with Gasteiger partial charge in [-0.1, -0.05) is 0 Å². The molecule has 0 radical (unpaired) electrons. The lowest BCUT2D eigenvalue weighted by Gasteiger charge is -2.15. The van der Waals surface area contributed by atoms with E-state index >= 15 is 0 Å². The molecule has 3 N–H and O–H groups in total. The minimum absolute atomic E-state index is 0.0935. The first-order valence-corrected chi connectivity index (χ1v) is 8.44. The lowest BCUT2D eigenvalue weighted by atomic mass is 10.2. The molecule has 150 valence electrons. The van der Waals surface area contributed by atoms with Gasteiger partial charge in [0.25, 0.3) is 5.69 Å². The van der Waals surface area contributed by atoms with E-state index in [2.05, 4.69) is 10.6 Å². The van der Waals surface area contributed by atoms with E-state index in [1.807, 2.05) is 13.8 Å². The van der Waals surface area contributed by atoms with E-state index < -0.39 is 22.8 Å². The van der Waals surface area contributed by atoms with Crippen LogP contribution in [-0.4, -0.2) is 54.3 Å². The largest absolute Gasteiger partial charge is 0.495 e. The van der Waals surface area contributed by atoms with Gasteiger partial charge in [-0.05, 0) is 32.9 Å². The van der Waals surface area contributed by atoms with Crippen molar-refractivity contribution in [2.24, 2.45) is 0 Å². The minimum Gasteiger partial charge on any atom is -0.495 e. The second-order valence-electron chi connectivity index (χ2n) is 6.01. The van der Waals surface area contributed by atoms with Crippen molar-refractivity contribution >= 4 is 23.3 Å². The van der Waals surface area contributed by atoms with Crippen LogP contribution in [0.25, 0.3) is 0 Å². The zero-order valence-corrected chi connectivity index (χ0v) is 15.6. The summed E-state index contributed by atoms with van der Waals surface area (Å²) >= 11 is 0. The highest BCUT2D eigenvalue weighted by Gasteiger charge is 2.22. The van der Waals surface area contributed by atoms with Crippen LogP contribution in [0.15, 0.2) is 18.2 Å². The molecule has 27 heavy (non-hydrogen) atoms. The predicted molar refractivity (Wildman–Crippen MR) is 98.0 cm³/mol. The average Bonchev–Trinajstić information content (AvgIpc) is 2.59. The highest BCUT2D eigenvalue weighted by atomic mass is 16.6. The molecule has 0 fully saturated rings. The van der Waals surface area contributed by atoms with Crippen molar-refractivity contribution in [2.75, 3.05) is 25.6 Å². The summed E-state index contributed by atoms with van der Waals surface area (Å²) in [6.07, 6.45) is 0.352. The SMILES string of the molecule is COc1ccc([N+](=O)[O-])cc1NC(=O)CC(NCCCOC(C)C)C(=O)O. The fraction of sp³-hybridized carbons (Fsp3) is 0.529. The van der Waals surface area contributed by atoms with Crippen molar-refractivity contribution in [3.05, 3.63) is 28.3 Å². The number of non-ortho nitro benzene ring substituents is 1. The average molecular weight is 383 g/mol. The number of hydrogen-bond donors (Lipinski definition) is 3. The maximum Gasteiger partial charge on any atom is 0.321 e. The summed E-state index contributed by atoms with van der Waals surface area (Å²) in [5, 5.41) is 25.4. The summed E-state index contributed by atoms with van der Waals surface area (Å²) in [7, 11) is 1.36. The number of rotatable bonds is 12. The van der Waals surface area contributed by atoms with Crippen molar-refractivity contribution in [3.63, 3.8) is 0 Å². The molecule has 0 saturated carbocycles. The van der Waals surface area contributed by atoms with E-state index in [1.54, 1.807) is 0 Å². The van der Waals surface area contributed by atoms with Gasteiger partial charge in [0.05, 0.1) is 30.2 Å². The number of hydrogen-bond acceptors (Lipinski definition) is 7. The van der Waals surface area contributed by atoms with Crippen LogP contribution in [0.2, 0.25) is 0 Å². The summed E-state index contributed by atoms with van der Waals surface area (Å²) in [6, 6.07) is 2.67. The molecule has 1 aromatic rings. The quantitative estimate of drug-likeness (QED) is 0.282. The van der Waals surface area contributed by atoms with Gasteiger partial charge >= 0.3 is 5.97 Å². The number of nitrogens with zero attached hydrogens (tertiary/aromatic N) is 1. The zero-order chi connectivity index (χ0) is 20.4. The van der Waals surface area contributed by atoms with Gasteiger partial charge in [-0.25, -0.2) is 0 Å². The molecule has 0 saturated heterocycles. The molecule has 0 bridgehead atoms. The number of nitro groups is 1. The van der Waals surface area contributed by atoms with Crippen molar-refractivity contribution in [1.82, 2.24) is 5.32 Å². The number of carboxylic acid groups (broad SMARTS) is 1. The van der Waals surface area contributed by atoms with Crippen LogP contribution in [0.1, 0.15) is 26.7 Å². The highest BCUT2D eigenvalue weighted by molar-refractivity contribution is 5.95. The monoisotopic (exact) mass is 383 g/mol. The molecule has 0 spiro atoms. The van der Waals surface area contributed by atoms with Gasteiger partial charge in [-0.15, -0.1) is 0 Å². The van der Waals surface area contributed by atoms with Gasteiger partial charge in [-0.3, -0.25) is 19.7 Å². The molecular weight excluding hydrogens is 358 g/mol. The van der Waals surface area contributed by atoms with E-state index in [1.165, 1.54) is 19.2 Å². The maximum atomic E-state index is 12.2. The van der Waals surface area contributed by atoms with Crippen LogP contribution < -0.4 is 15.4 Å². The molecule has 1 aromatic carbocycles. The number of amides is 1. The van der Waals surface area contributed by atoms with Gasteiger partial charge < -0.3 is 25.2 Å². The number of carbonyl (C=O) groups excluding carboxylic acids is 1. The van der Waals surface area contributed by atoms with Crippen LogP contribution in [0, 0.1) is 10.1 Å². The van der Waals surface area contributed by atoms with E-state index in [-0.39, 0.29) is 29.6 Å². The van der Waals surface area contributed by atoms with Crippen molar-refractivity contribution in [2.45, 2.75) is 38.8 Å². The second-order valence-corrected chi connectivity index (χ2v) is 6.01. The molecule has 1 rings (SSSR count). The molecule has 1 atom stereocenters. The number of aliphatic carboxylic acids is 1. The fourth-order valence-electron chi connectivity index (χ4n) is 2.21. The molecular formula is C17H25N3O7. The Hall–Kier alpha value is -2.72. The first-order valence-electron chi connectivity index (χ1n) is 8.44. The summed E-state index contributed by atoms with van der Waals surface area (Å²) in [6.45, 7) is 4.66. The number of benzene rings is 1. The number of methoxy groups -OCH3 is 1. The number of anilines is 1. The Morgan fingerprint density at radius 3 is 2.59 bits per heavy atom. The van der Waals surface area contributed by atoms with E-state index in [0.717, 1.165) is 6.07 Å². The molecule has 0 aliphatic carbocycles. The van der Waals surface area contributed by atoms with Gasteiger partial charge in [0.2, 0.25) is 5.91 Å². The van der Waals surface area contributed by atoms with Gasteiger partial charge in [0.15, 0.2) is 0 Å². The van der Waals surface area contributed by atoms with E-state index in [4.69, 9.17) is 9.47 Å². The predicted octanol–water partition coefficient (Wildman–Crippen LogP) is 1.79. The Kier molecular flexibility index (Phi) is 9.17. The first-order chi connectivity index (χ1) is 12.7. The van der Waals surface area contributed by atoms with Crippen molar-refractivity contribution in [1.29, 1.82) is 0 Å². The van der Waals surface area contributed by atoms with Gasteiger partial charge in [-0.2, -0.15) is 0 Å². The maximum absolute atomic E-state index is 12.2. The van der Waals surface area contributed by atoms with Crippen molar-refractivity contribution < 1.29 is 29.1 Å². The van der Waals surface area contributed by atoms with Gasteiger partial charge in [0.1, 0.15) is 11.8 Å². The molecule has 0 heterocycles. The van der Waals surface area contributed by atoms with Crippen LogP contribution >= 0.6 is 0 Å². The third-order valence-corrected chi connectivity index (χ3v) is 3.52. The first kappa shape index (κ1) is 22.3. The molecule has 0 aliphatic rings. The lowest BCUT2D eigenvalue weighted by Crippen LogP contribution is -2.40. The number of carbonyl (C=O) groups is 2. The normalized spacial score (nSPS) is 11.9. The Labute approximate surface area is 157 Å². The fourth-order valence-corrected chi connectivity index (χ4v) is 2.21. The number of carboxylic acids is 1. The third-order valence-electron chi connectivity index (χ3n) is 3.52. The summed E-state index contributed by atoms with van der Waals surface area (Å²) in [5.41, 5.74) is -0.115. The Morgan fingerprint density at radius 1 is 1.33 bits per heavy atom. The number of ether oxygens (including phenoxy) is 2. The van der Waals surface area contributed by atoms with E-state index in [0.29, 0.717) is 19.6 Å². The topological polar surface area (TPSA) is 140 Å². The Bertz CT molecular complexity index is 664. The van der Waals surface area contributed by atoms with Crippen LogP contribution in [0.4, 0.5) is 11.4 Å². The van der Waals surface area contributed by atoms with Gasteiger partial charge in [0, 0.05) is 18.7 Å². The van der Waals surface area contributed by atoms with Crippen molar-refractivity contribution in [3.8, 4) is 5.75 Å². The van der Waals surface area contributed by atoms with Crippen LogP contribution in [0.3, 0.4) is 0 Å².